The number of benzene rings is 2. The molecule has 0 aliphatic rings. The van der Waals surface area contributed by atoms with Crippen molar-refractivity contribution in [2.75, 3.05) is 6.54 Å². The summed E-state index contributed by atoms with van der Waals surface area (Å²) in [4.78, 5) is 0.256. The van der Waals surface area contributed by atoms with E-state index in [1.54, 1.807) is 18.2 Å². The van der Waals surface area contributed by atoms with Gasteiger partial charge in [-0.05, 0) is 56.2 Å². The molecule has 0 saturated carbocycles. The molecule has 1 aromatic heterocycles. The number of rotatable bonds is 6. The van der Waals surface area contributed by atoms with Crippen LogP contribution in [-0.2, 0) is 16.4 Å². The molecule has 0 unspecified atom stereocenters. The first-order valence-corrected chi connectivity index (χ1v) is 9.80. The van der Waals surface area contributed by atoms with Crippen molar-refractivity contribution in [2.45, 2.75) is 32.1 Å². The molecule has 1 N–H and O–H groups in total. The SMILES string of the molecule is Cc1cccc(-c2nnc(CCNS(=O)(=O)c3ccc(C)c(C)c3)o2)c1. The average Bonchev–Trinajstić information content (AvgIpc) is 3.06. The molecule has 136 valence electrons. The zero-order chi connectivity index (χ0) is 18.7. The van der Waals surface area contributed by atoms with Gasteiger partial charge in [0.2, 0.25) is 21.8 Å². The Bertz CT molecular complexity index is 1030. The summed E-state index contributed by atoms with van der Waals surface area (Å²) in [5.74, 6) is 0.824. The van der Waals surface area contributed by atoms with Crippen LogP contribution in [0.15, 0.2) is 51.8 Å². The molecule has 6 nitrogen and oxygen atoms in total. The van der Waals surface area contributed by atoms with Gasteiger partial charge in [-0.2, -0.15) is 0 Å². The van der Waals surface area contributed by atoms with Gasteiger partial charge in [-0.1, -0.05) is 23.8 Å². The molecule has 26 heavy (non-hydrogen) atoms. The van der Waals surface area contributed by atoms with E-state index in [1.807, 2.05) is 45.0 Å². The van der Waals surface area contributed by atoms with Gasteiger partial charge in [0.1, 0.15) is 0 Å². The van der Waals surface area contributed by atoms with E-state index < -0.39 is 10.0 Å². The third-order valence-electron chi connectivity index (χ3n) is 4.15. The van der Waals surface area contributed by atoms with Crippen LogP contribution in [-0.4, -0.2) is 25.2 Å². The molecule has 0 atom stereocenters. The van der Waals surface area contributed by atoms with Crippen LogP contribution in [0.5, 0.6) is 0 Å². The smallest absolute Gasteiger partial charge is 0.247 e. The van der Waals surface area contributed by atoms with Gasteiger partial charge in [-0.3, -0.25) is 0 Å². The molecule has 0 aliphatic carbocycles. The van der Waals surface area contributed by atoms with E-state index in [9.17, 15) is 8.42 Å². The lowest BCUT2D eigenvalue weighted by Crippen LogP contribution is -2.26. The molecule has 0 bridgehead atoms. The van der Waals surface area contributed by atoms with Crippen molar-refractivity contribution >= 4 is 10.0 Å². The van der Waals surface area contributed by atoms with Gasteiger partial charge in [0.05, 0.1) is 4.90 Å². The summed E-state index contributed by atoms with van der Waals surface area (Å²) in [6.45, 7) is 6.01. The van der Waals surface area contributed by atoms with Gasteiger partial charge in [-0.25, -0.2) is 13.1 Å². The Morgan fingerprint density at radius 2 is 1.81 bits per heavy atom. The van der Waals surface area contributed by atoms with Crippen LogP contribution in [0, 0.1) is 20.8 Å². The minimum atomic E-state index is -3.56. The number of nitrogens with zero attached hydrogens (tertiary/aromatic N) is 2. The number of aryl methyl sites for hydroxylation is 3. The molecule has 1 heterocycles. The molecule has 2 aromatic carbocycles. The third-order valence-corrected chi connectivity index (χ3v) is 5.61. The quantitative estimate of drug-likeness (QED) is 0.719. The highest BCUT2D eigenvalue weighted by Gasteiger charge is 2.15. The third kappa shape index (κ3) is 4.17. The van der Waals surface area contributed by atoms with Crippen molar-refractivity contribution in [3.05, 3.63) is 65.0 Å². The lowest BCUT2D eigenvalue weighted by atomic mass is 10.1. The Balaban J connectivity index is 1.64. The predicted octanol–water partition coefficient (Wildman–Crippen LogP) is 3.18. The van der Waals surface area contributed by atoms with E-state index in [4.69, 9.17) is 4.42 Å². The van der Waals surface area contributed by atoms with Crippen LogP contribution in [0.2, 0.25) is 0 Å². The number of aromatic nitrogens is 2. The molecule has 3 rings (SSSR count). The largest absolute Gasteiger partial charge is 0.421 e. The molecule has 0 amide bonds. The maximum atomic E-state index is 12.4. The van der Waals surface area contributed by atoms with Crippen LogP contribution >= 0.6 is 0 Å². The Morgan fingerprint density at radius 1 is 1.00 bits per heavy atom. The summed E-state index contributed by atoms with van der Waals surface area (Å²) in [6, 6.07) is 12.8. The molecule has 0 saturated heterocycles. The number of nitrogens with one attached hydrogen (secondary N) is 1. The molecule has 0 aliphatic heterocycles. The fourth-order valence-corrected chi connectivity index (χ4v) is 3.62. The van der Waals surface area contributed by atoms with E-state index in [-0.39, 0.29) is 11.4 Å². The van der Waals surface area contributed by atoms with Crippen LogP contribution in [0.1, 0.15) is 22.6 Å². The Morgan fingerprint density at radius 3 is 2.54 bits per heavy atom. The van der Waals surface area contributed by atoms with Gasteiger partial charge in [0.25, 0.3) is 0 Å². The van der Waals surface area contributed by atoms with Crippen LogP contribution < -0.4 is 4.72 Å². The van der Waals surface area contributed by atoms with Crippen molar-refractivity contribution in [1.29, 1.82) is 0 Å². The lowest BCUT2D eigenvalue weighted by Gasteiger charge is -2.07. The van der Waals surface area contributed by atoms with Crippen molar-refractivity contribution < 1.29 is 12.8 Å². The second-order valence-corrected chi connectivity index (χ2v) is 8.03. The number of hydrogen-bond donors (Lipinski definition) is 1. The summed E-state index contributed by atoms with van der Waals surface area (Å²) in [5, 5.41) is 8.02. The van der Waals surface area contributed by atoms with E-state index in [2.05, 4.69) is 14.9 Å². The maximum Gasteiger partial charge on any atom is 0.247 e. The first-order chi connectivity index (χ1) is 12.3. The summed E-state index contributed by atoms with van der Waals surface area (Å²) < 4.78 is 32.9. The van der Waals surface area contributed by atoms with E-state index in [1.165, 1.54) is 0 Å². The molecular weight excluding hydrogens is 350 g/mol. The second-order valence-electron chi connectivity index (χ2n) is 6.26. The topological polar surface area (TPSA) is 85.1 Å². The zero-order valence-electron chi connectivity index (χ0n) is 15.0. The fraction of sp³-hybridized carbons (Fsp3) is 0.263. The van der Waals surface area contributed by atoms with Crippen LogP contribution in [0.3, 0.4) is 0 Å². The summed E-state index contributed by atoms with van der Waals surface area (Å²) >= 11 is 0. The fourth-order valence-electron chi connectivity index (χ4n) is 2.51. The standard InChI is InChI=1S/C19H21N3O3S/c1-13-5-4-6-16(11-13)19-22-21-18(25-19)9-10-20-26(23,24)17-8-7-14(2)15(3)12-17/h4-8,11-12,20H,9-10H2,1-3H3. The predicted molar refractivity (Wildman–Crippen MR) is 99.3 cm³/mol. The lowest BCUT2D eigenvalue weighted by molar-refractivity contribution is 0.502. The van der Waals surface area contributed by atoms with Gasteiger partial charge in [-0.15, -0.1) is 10.2 Å². The van der Waals surface area contributed by atoms with Crippen LogP contribution in [0.25, 0.3) is 11.5 Å². The van der Waals surface area contributed by atoms with Gasteiger partial charge >= 0.3 is 0 Å². The Kier molecular flexibility index (Phi) is 5.20. The Labute approximate surface area is 153 Å². The zero-order valence-corrected chi connectivity index (χ0v) is 15.8. The monoisotopic (exact) mass is 371 g/mol. The maximum absolute atomic E-state index is 12.4. The molecule has 0 radical (unpaired) electrons. The molecule has 3 aromatic rings. The van der Waals surface area contributed by atoms with Gasteiger partial charge in [0, 0.05) is 18.5 Å². The number of sulfonamides is 1. The molecule has 7 heteroatoms. The van der Waals surface area contributed by atoms with E-state index in [0.29, 0.717) is 18.2 Å². The minimum absolute atomic E-state index is 0.185. The van der Waals surface area contributed by atoms with Crippen molar-refractivity contribution in [3.63, 3.8) is 0 Å². The summed E-state index contributed by atoms with van der Waals surface area (Å²) in [7, 11) is -3.56. The highest BCUT2D eigenvalue weighted by Crippen LogP contribution is 2.19. The molecular formula is C19H21N3O3S. The van der Waals surface area contributed by atoms with Crippen molar-refractivity contribution in [3.8, 4) is 11.5 Å². The minimum Gasteiger partial charge on any atom is -0.421 e. The second kappa shape index (κ2) is 7.39. The van der Waals surface area contributed by atoms with Crippen LogP contribution in [0.4, 0.5) is 0 Å². The number of hydrogen-bond acceptors (Lipinski definition) is 5. The first kappa shape index (κ1) is 18.3. The van der Waals surface area contributed by atoms with Gasteiger partial charge in [0.15, 0.2) is 0 Å². The summed E-state index contributed by atoms with van der Waals surface area (Å²) in [6.07, 6.45) is 0.322. The molecule has 0 fully saturated rings. The van der Waals surface area contributed by atoms with E-state index >= 15 is 0 Å². The van der Waals surface area contributed by atoms with Crippen molar-refractivity contribution in [1.82, 2.24) is 14.9 Å². The summed E-state index contributed by atoms with van der Waals surface area (Å²) in [5.41, 5.74) is 3.94. The normalized spacial score (nSPS) is 11.7. The van der Waals surface area contributed by atoms with Gasteiger partial charge < -0.3 is 4.42 Å². The van der Waals surface area contributed by atoms with Crippen molar-refractivity contribution in [2.24, 2.45) is 0 Å². The molecule has 0 spiro atoms. The highest BCUT2D eigenvalue weighted by molar-refractivity contribution is 7.89. The average molecular weight is 371 g/mol. The van der Waals surface area contributed by atoms with E-state index in [0.717, 1.165) is 22.3 Å². The highest BCUT2D eigenvalue weighted by atomic mass is 32.2. The Hall–Kier alpha value is -2.51. The first-order valence-electron chi connectivity index (χ1n) is 8.31.